The lowest BCUT2D eigenvalue weighted by Gasteiger charge is -2.47. The molecule has 636 valence electrons. The summed E-state index contributed by atoms with van der Waals surface area (Å²) < 4.78 is 87.4. The molecule has 4 aliphatic heterocycles. The van der Waals surface area contributed by atoms with E-state index >= 15 is 0 Å². The van der Waals surface area contributed by atoms with Crippen molar-refractivity contribution in [2.24, 2.45) is 0 Å². The van der Waals surface area contributed by atoms with E-state index in [1.165, 1.54) is 20.8 Å². The fourth-order valence-corrected chi connectivity index (χ4v) is 12.8. The van der Waals surface area contributed by atoms with Crippen LogP contribution in [0.25, 0.3) is 0 Å². The summed E-state index contributed by atoms with van der Waals surface area (Å²) in [5.41, 5.74) is 0.540. The molecule has 0 saturated carbocycles. The van der Waals surface area contributed by atoms with Crippen molar-refractivity contribution in [1.29, 1.82) is 0 Å². The molecule has 1 aromatic carbocycles. The first-order valence-corrected chi connectivity index (χ1v) is 38.5. The smallest absolute Gasteiger partial charge is 0.470 e. The van der Waals surface area contributed by atoms with Crippen molar-refractivity contribution >= 4 is 73.1 Å². The number of aliphatic hydroxyl groups is 8. The lowest BCUT2D eigenvalue weighted by Crippen LogP contribution is -2.69. The van der Waals surface area contributed by atoms with Crippen LogP contribution < -0.4 is 31.9 Å². The van der Waals surface area contributed by atoms with Crippen molar-refractivity contribution in [1.82, 2.24) is 31.9 Å². The highest BCUT2D eigenvalue weighted by Gasteiger charge is 2.58. The van der Waals surface area contributed by atoms with Crippen LogP contribution in [0.4, 0.5) is 0 Å². The number of carboxylic acid groups (broad SMARTS) is 1. The molecule has 7 unspecified atom stereocenters. The molecule has 0 radical (unpaired) electrons. The minimum Gasteiger partial charge on any atom is -0.477 e. The number of aliphatic hydroxyl groups excluding tert-OH is 8. The van der Waals surface area contributed by atoms with E-state index < -0.39 is 285 Å². The lowest BCUT2D eigenvalue weighted by molar-refractivity contribution is -0.330. The number of nitrogens with one attached hydrogen (secondary N) is 6. The van der Waals surface area contributed by atoms with Gasteiger partial charge in [0.2, 0.25) is 35.4 Å². The van der Waals surface area contributed by atoms with Crippen LogP contribution in [0.3, 0.4) is 0 Å². The first-order chi connectivity index (χ1) is 53.1. The van der Waals surface area contributed by atoms with E-state index in [4.69, 9.17) is 61.4 Å². The quantitative estimate of drug-likeness (QED) is 0.0126. The van der Waals surface area contributed by atoms with Gasteiger partial charge in [-0.25, -0.2) is 9.36 Å². The third-order valence-corrected chi connectivity index (χ3v) is 18.7. The van der Waals surface area contributed by atoms with Crippen molar-refractivity contribution in [2.45, 2.75) is 279 Å². The number of unbranched alkanes of at least 4 members (excludes halogenated alkanes) is 1. The number of phosphoric ester groups is 1. The van der Waals surface area contributed by atoms with Crippen molar-refractivity contribution in [2.75, 3.05) is 52.7 Å². The van der Waals surface area contributed by atoms with Crippen LogP contribution in [0.15, 0.2) is 30.3 Å². The van der Waals surface area contributed by atoms with Gasteiger partial charge in [0.15, 0.2) is 31.1 Å². The number of hydrogen-bond acceptors (Lipinski definition) is 33. The van der Waals surface area contributed by atoms with Gasteiger partial charge in [-0.2, -0.15) is 0 Å². The second-order valence-corrected chi connectivity index (χ2v) is 28.0. The number of ether oxygens (including phenoxy) is 12. The van der Waals surface area contributed by atoms with Crippen LogP contribution in [0.5, 0.6) is 0 Å². The molecule has 43 heteroatoms. The molecule has 4 fully saturated rings. The minimum absolute atomic E-state index is 0.0602. The number of amides is 6. The van der Waals surface area contributed by atoms with Gasteiger partial charge in [-0.3, -0.25) is 52.5 Å². The standard InChI is InChI=1S/C69H109N6O36P/c1-8-14-20-46(83)73-55-62(108-51(88)13-6)59(92)42(33-101-67-56(75-48(85)28-37(9-2)103-49(86)11-4)64(61(41(32-77)105-67)111-112(96,97)98)109-52(89)29-38(10-3)104-50(87)12-5)106-66(55)100-26-24-71-45(82)22-21-44(81)70-23-25-99-65-54(72-35(7)78)60(93)58(91)43(107-65)34-102-69(68(94)95)30-39(79)53(63(110-69)57(90)40(80)31-76)74-47(84)27-36-18-16-15-17-19-36/h15-19,37-43,53-67,76-77,79-80,90-93H,8-14,20-34H2,1-7H3,(H,70,81)(H,71,82)(H,72,78)(H,73,83)(H,74,84)(H,75,85)(H,94,95)(H2,96,97,98)/t37-,38-,39-,40-,41?,42?,43?,53-,54+,55?,56+,57-,58+,59-,60?,61-,62-,63?,64?,65-,66-,67-,69-/m1/s1. The number of esters is 4. The van der Waals surface area contributed by atoms with Crippen molar-refractivity contribution in [3.63, 3.8) is 0 Å². The predicted octanol–water partition coefficient (Wildman–Crippen LogP) is -4.69. The summed E-state index contributed by atoms with van der Waals surface area (Å²) in [5.74, 6) is -12.6. The van der Waals surface area contributed by atoms with Gasteiger partial charge < -0.3 is 144 Å². The van der Waals surface area contributed by atoms with Gasteiger partial charge in [0.1, 0.15) is 91.4 Å². The Bertz CT molecular complexity index is 3250. The molecule has 4 aliphatic rings. The summed E-state index contributed by atoms with van der Waals surface area (Å²) in [7, 11) is -5.61. The number of aliphatic carboxylic acids is 1. The number of phosphoric acid groups is 1. The van der Waals surface area contributed by atoms with Crippen LogP contribution in [0.1, 0.15) is 138 Å². The Morgan fingerprint density at radius 3 is 1.64 bits per heavy atom. The summed E-state index contributed by atoms with van der Waals surface area (Å²) in [6.07, 6.45) is -35.0. The van der Waals surface area contributed by atoms with Gasteiger partial charge in [-0.1, -0.05) is 78.3 Å². The van der Waals surface area contributed by atoms with E-state index in [9.17, 15) is 113 Å². The molecule has 112 heavy (non-hydrogen) atoms. The molecule has 0 aromatic heterocycles. The molecule has 0 aliphatic carbocycles. The number of hydrogen-bond donors (Lipinski definition) is 17. The fourth-order valence-electron chi connectivity index (χ4n) is 12.2. The van der Waals surface area contributed by atoms with E-state index in [0.717, 1.165) is 6.92 Å². The second kappa shape index (κ2) is 47.0. The van der Waals surface area contributed by atoms with Gasteiger partial charge in [0.05, 0.1) is 71.0 Å². The average Bonchev–Trinajstić information content (AvgIpc) is 0.771. The van der Waals surface area contributed by atoms with Crippen molar-refractivity contribution < 1.29 is 174 Å². The number of carboxylic acids is 1. The minimum atomic E-state index is -5.61. The fraction of sp³-hybridized carbons (Fsp3) is 0.754. The van der Waals surface area contributed by atoms with E-state index in [-0.39, 0.29) is 58.0 Å². The van der Waals surface area contributed by atoms with Crippen LogP contribution >= 0.6 is 7.82 Å². The Kier molecular flexibility index (Phi) is 40.1. The molecule has 0 bridgehead atoms. The first-order valence-electron chi connectivity index (χ1n) is 37.0. The molecule has 4 saturated heterocycles. The molecule has 4 heterocycles. The molecule has 0 spiro atoms. The summed E-state index contributed by atoms with van der Waals surface area (Å²) in [6.45, 7) is 4.92. The predicted molar refractivity (Wildman–Crippen MR) is 375 cm³/mol. The third-order valence-electron chi connectivity index (χ3n) is 18.2. The van der Waals surface area contributed by atoms with Gasteiger partial charge in [-0.15, -0.1) is 0 Å². The summed E-state index contributed by atoms with van der Waals surface area (Å²) in [6, 6.07) is 1.80. The molecular formula is C69H109N6O36P. The van der Waals surface area contributed by atoms with Crippen LogP contribution in [-0.4, -0.2) is 314 Å². The van der Waals surface area contributed by atoms with Crippen LogP contribution in [-0.2, 0) is 125 Å². The third kappa shape index (κ3) is 29.6. The van der Waals surface area contributed by atoms with Gasteiger partial charge in [0.25, 0.3) is 5.79 Å². The highest BCUT2D eigenvalue weighted by Crippen LogP contribution is 2.43. The van der Waals surface area contributed by atoms with Crippen molar-refractivity contribution in [3.8, 4) is 0 Å². The molecule has 42 nitrogen and oxygen atoms in total. The van der Waals surface area contributed by atoms with E-state index in [0.29, 0.717) is 18.4 Å². The Morgan fingerprint density at radius 2 is 1.11 bits per heavy atom. The average molecular weight is 1630 g/mol. The lowest BCUT2D eigenvalue weighted by atomic mass is 9.88. The highest BCUT2D eigenvalue weighted by molar-refractivity contribution is 7.46. The number of carbonyl (C=O) groups excluding carboxylic acids is 10. The SMILES string of the molecule is CCCCC(=O)NC1[C@H](OCCNC(=O)CCC(=O)NCCO[C@@H]2OC(CO[C@]3(C(=O)O)C[C@@H](O)[C@@H](NC(=O)Cc4ccccc4)C([C@H](O)[C@H](O)CO)O3)[C@H](O)C(O)[C@@H]2NC(C)=O)OC(CO[C@@H]2OC(CO)[C@@H](OP(=O)(O)O)C(OC(=O)C[C@@H](CC)OC(=O)CC)[C@@H]2NC(=O)C[C@@H](CC)OC(=O)CC)[C@@H](O)[C@@H]1OC(=O)CC. The Labute approximate surface area is 644 Å². The van der Waals surface area contributed by atoms with E-state index in [1.807, 2.05) is 6.92 Å². The second-order valence-electron chi connectivity index (χ2n) is 26.8. The monoisotopic (exact) mass is 1630 g/mol. The van der Waals surface area contributed by atoms with Gasteiger partial charge in [-0.05, 0) is 24.8 Å². The summed E-state index contributed by atoms with van der Waals surface area (Å²) in [4.78, 5) is 164. The Hall–Kier alpha value is -7.14. The number of benzene rings is 1. The zero-order chi connectivity index (χ0) is 83.2. The first kappa shape index (κ1) is 95.4. The van der Waals surface area contributed by atoms with E-state index in [2.05, 4.69) is 31.9 Å². The van der Waals surface area contributed by atoms with Gasteiger partial charge >= 0.3 is 37.7 Å². The molecular weight excluding hydrogens is 1520 g/mol. The molecule has 17 N–H and O–H groups in total. The summed E-state index contributed by atoms with van der Waals surface area (Å²) in [5, 5.41) is 113. The zero-order valence-corrected chi connectivity index (χ0v) is 64.1. The Balaban J connectivity index is 1.27. The zero-order valence-electron chi connectivity index (χ0n) is 63.2. The summed E-state index contributed by atoms with van der Waals surface area (Å²) >= 11 is 0. The molecule has 1 aromatic rings. The maximum absolute atomic E-state index is 14.0. The van der Waals surface area contributed by atoms with Crippen LogP contribution in [0, 0.1) is 0 Å². The van der Waals surface area contributed by atoms with Crippen molar-refractivity contribution in [3.05, 3.63) is 35.9 Å². The van der Waals surface area contributed by atoms with E-state index in [1.54, 1.807) is 44.2 Å². The largest absolute Gasteiger partial charge is 0.477 e. The molecule has 6 amide bonds. The van der Waals surface area contributed by atoms with Gasteiger partial charge in [0, 0.05) is 65.0 Å². The van der Waals surface area contributed by atoms with Crippen LogP contribution in [0.2, 0.25) is 0 Å². The topological polar surface area (TPSA) is 620 Å². The normalized spacial score (nSPS) is 29.0. The number of carbonyl (C=O) groups is 11. The number of rotatable bonds is 46. The Morgan fingerprint density at radius 1 is 0.580 bits per heavy atom. The maximum Gasteiger partial charge on any atom is 0.470 e. The molecule has 23 atom stereocenters. The highest BCUT2D eigenvalue weighted by atomic mass is 31.2. The molecule has 5 rings (SSSR count). The maximum atomic E-state index is 14.0.